The van der Waals surface area contributed by atoms with Crippen LogP contribution in [-0.2, 0) is 11.2 Å². The van der Waals surface area contributed by atoms with E-state index in [0.717, 1.165) is 44.8 Å². The lowest BCUT2D eigenvalue weighted by atomic mass is 9.90. The second-order valence-corrected chi connectivity index (χ2v) is 5.48. The number of aliphatic hydroxyl groups is 1. The van der Waals surface area contributed by atoms with Gasteiger partial charge in [-0.25, -0.2) is 0 Å². The molecule has 0 saturated carbocycles. The first-order valence-corrected chi connectivity index (χ1v) is 7.00. The summed E-state index contributed by atoms with van der Waals surface area (Å²) < 4.78 is 11.3. The van der Waals surface area contributed by atoms with E-state index in [0.29, 0.717) is 0 Å². The van der Waals surface area contributed by atoms with Crippen molar-refractivity contribution < 1.29 is 14.6 Å². The molecule has 0 aliphatic carbocycles. The molecule has 0 radical (unpaired) electrons. The molecule has 0 aromatic heterocycles. The molecule has 4 nitrogen and oxygen atoms in total. The van der Waals surface area contributed by atoms with E-state index < -0.39 is 0 Å². The minimum atomic E-state index is -0.184. The molecule has 1 aromatic rings. The lowest BCUT2D eigenvalue weighted by molar-refractivity contribution is 0.00826. The maximum absolute atomic E-state index is 9.63. The Labute approximate surface area is 113 Å². The Kier molecular flexibility index (Phi) is 3.73. The summed E-state index contributed by atoms with van der Waals surface area (Å²) in [6.45, 7) is 2.38. The lowest BCUT2D eigenvalue weighted by Gasteiger charge is -2.37. The van der Waals surface area contributed by atoms with E-state index >= 15 is 0 Å². The molecule has 3 rings (SSSR count). The van der Waals surface area contributed by atoms with Gasteiger partial charge in [0.25, 0.3) is 0 Å². The predicted molar refractivity (Wildman–Crippen MR) is 72.4 cm³/mol. The fourth-order valence-electron chi connectivity index (χ4n) is 2.85. The van der Waals surface area contributed by atoms with Gasteiger partial charge in [-0.3, -0.25) is 0 Å². The molecule has 0 spiro atoms. The zero-order chi connectivity index (χ0) is 13.1. The van der Waals surface area contributed by atoms with Gasteiger partial charge >= 0.3 is 0 Å². The van der Waals surface area contributed by atoms with Crippen molar-refractivity contribution in [1.82, 2.24) is 5.32 Å². The molecular formula is C15H21NO3. The van der Waals surface area contributed by atoms with Crippen molar-refractivity contribution in [2.75, 3.05) is 26.4 Å². The maximum Gasteiger partial charge on any atom is 0.123 e. The summed E-state index contributed by atoms with van der Waals surface area (Å²) >= 11 is 0. The minimum Gasteiger partial charge on any atom is -0.488 e. The fraction of sp³-hybridized carbons (Fsp3) is 0.600. The monoisotopic (exact) mass is 263 g/mol. The maximum atomic E-state index is 9.63. The highest BCUT2D eigenvalue weighted by Gasteiger charge is 2.33. The summed E-state index contributed by atoms with van der Waals surface area (Å²) in [6.07, 6.45) is 2.84. The van der Waals surface area contributed by atoms with Crippen LogP contribution in [0, 0.1) is 0 Å². The molecule has 1 atom stereocenters. The van der Waals surface area contributed by atoms with Crippen LogP contribution in [0.5, 0.6) is 5.75 Å². The first-order chi connectivity index (χ1) is 9.31. The molecule has 1 saturated heterocycles. The van der Waals surface area contributed by atoms with E-state index in [4.69, 9.17) is 9.47 Å². The number of ether oxygens (including phenoxy) is 2. The SMILES string of the molecule is OCC1(NCC2Cc3ccccc3O2)CCOCC1. The molecule has 2 heterocycles. The van der Waals surface area contributed by atoms with Crippen molar-refractivity contribution in [3.8, 4) is 5.75 Å². The van der Waals surface area contributed by atoms with Gasteiger partial charge in [0.05, 0.1) is 6.61 Å². The quantitative estimate of drug-likeness (QED) is 0.855. The van der Waals surface area contributed by atoms with Crippen LogP contribution in [0.15, 0.2) is 24.3 Å². The molecule has 1 unspecified atom stereocenters. The van der Waals surface area contributed by atoms with Gasteiger partial charge in [-0.2, -0.15) is 0 Å². The summed E-state index contributed by atoms with van der Waals surface area (Å²) in [5.41, 5.74) is 1.09. The largest absolute Gasteiger partial charge is 0.488 e. The van der Waals surface area contributed by atoms with Gasteiger partial charge in [0.2, 0.25) is 0 Å². The van der Waals surface area contributed by atoms with E-state index in [2.05, 4.69) is 11.4 Å². The zero-order valence-electron chi connectivity index (χ0n) is 11.1. The molecule has 104 valence electrons. The van der Waals surface area contributed by atoms with Crippen molar-refractivity contribution in [1.29, 1.82) is 0 Å². The van der Waals surface area contributed by atoms with Crippen LogP contribution in [0.2, 0.25) is 0 Å². The summed E-state index contributed by atoms with van der Waals surface area (Å²) in [4.78, 5) is 0. The Bertz CT molecular complexity index is 404. The number of nitrogens with one attached hydrogen (secondary N) is 1. The Hall–Kier alpha value is -1.10. The first-order valence-electron chi connectivity index (χ1n) is 7.00. The van der Waals surface area contributed by atoms with Crippen molar-refractivity contribution in [2.24, 2.45) is 0 Å². The molecule has 0 bridgehead atoms. The highest BCUT2D eigenvalue weighted by molar-refractivity contribution is 5.37. The topological polar surface area (TPSA) is 50.7 Å². The first kappa shape index (κ1) is 12.9. The van der Waals surface area contributed by atoms with E-state index in [1.807, 2.05) is 18.2 Å². The highest BCUT2D eigenvalue weighted by Crippen LogP contribution is 2.28. The number of fused-ring (bicyclic) bond motifs is 1. The number of rotatable bonds is 4. The molecular weight excluding hydrogens is 242 g/mol. The van der Waals surface area contributed by atoms with Gasteiger partial charge in [-0.15, -0.1) is 0 Å². The van der Waals surface area contributed by atoms with Crippen LogP contribution in [0.3, 0.4) is 0 Å². The van der Waals surface area contributed by atoms with Crippen molar-refractivity contribution in [2.45, 2.75) is 30.9 Å². The average Bonchev–Trinajstić information content (AvgIpc) is 2.89. The smallest absolute Gasteiger partial charge is 0.123 e. The van der Waals surface area contributed by atoms with E-state index in [1.54, 1.807) is 0 Å². The van der Waals surface area contributed by atoms with Crippen LogP contribution >= 0.6 is 0 Å². The third kappa shape index (κ3) is 2.76. The van der Waals surface area contributed by atoms with Gasteiger partial charge in [-0.1, -0.05) is 18.2 Å². The van der Waals surface area contributed by atoms with Gasteiger partial charge in [0.1, 0.15) is 11.9 Å². The summed E-state index contributed by atoms with van der Waals surface area (Å²) in [5, 5.41) is 13.1. The molecule has 2 N–H and O–H groups in total. The van der Waals surface area contributed by atoms with Crippen LogP contribution in [0.4, 0.5) is 0 Å². The molecule has 19 heavy (non-hydrogen) atoms. The summed E-state index contributed by atoms with van der Waals surface area (Å²) in [5.74, 6) is 0.999. The highest BCUT2D eigenvalue weighted by atomic mass is 16.5. The summed E-state index contributed by atoms with van der Waals surface area (Å²) in [7, 11) is 0. The van der Waals surface area contributed by atoms with Gasteiger partial charge < -0.3 is 19.9 Å². The third-order valence-electron chi connectivity index (χ3n) is 4.17. The Balaban J connectivity index is 1.56. The van der Waals surface area contributed by atoms with E-state index in [-0.39, 0.29) is 18.2 Å². The van der Waals surface area contributed by atoms with E-state index in [9.17, 15) is 5.11 Å². The average molecular weight is 263 g/mol. The van der Waals surface area contributed by atoms with Crippen molar-refractivity contribution >= 4 is 0 Å². The number of hydrogen-bond donors (Lipinski definition) is 2. The van der Waals surface area contributed by atoms with Crippen LogP contribution < -0.4 is 10.1 Å². The van der Waals surface area contributed by atoms with E-state index in [1.165, 1.54) is 5.56 Å². The normalized spacial score (nSPS) is 24.8. The van der Waals surface area contributed by atoms with Gasteiger partial charge in [0, 0.05) is 31.7 Å². The number of para-hydroxylation sites is 1. The van der Waals surface area contributed by atoms with Crippen LogP contribution in [0.25, 0.3) is 0 Å². The molecule has 2 aliphatic rings. The Morgan fingerprint density at radius 2 is 2.05 bits per heavy atom. The van der Waals surface area contributed by atoms with Gasteiger partial charge in [0.15, 0.2) is 0 Å². The molecule has 1 fully saturated rings. The van der Waals surface area contributed by atoms with Crippen molar-refractivity contribution in [3.63, 3.8) is 0 Å². The van der Waals surface area contributed by atoms with Crippen LogP contribution in [0.1, 0.15) is 18.4 Å². The second kappa shape index (κ2) is 5.49. The van der Waals surface area contributed by atoms with Gasteiger partial charge in [-0.05, 0) is 24.5 Å². The number of hydrogen-bond acceptors (Lipinski definition) is 4. The molecule has 4 heteroatoms. The molecule has 2 aliphatic heterocycles. The van der Waals surface area contributed by atoms with Crippen molar-refractivity contribution in [3.05, 3.63) is 29.8 Å². The standard InChI is InChI=1S/C15H21NO3/c17-11-15(5-7-18-8-6-15)16-10-13-9-12-3-1-2-4-14(12)19-13/h1-4,13,16-17H,5-11H2. The lowest BCUT2D eigenvalue weighted by Crippen LogP contribution is -2.54. The zero-order valence-corrected chi connectivity index (χ0v) is 11.1. The Morgan fingerprint density at radius 3 is 2.79 bits per heavy atom. The molecule has 0 amide bonds. The summed E-state index contributed by atoms with van der Waals surface area (Å²) in [6, 6.07) is 8.19. The predicted octanol–water partition coefficient (Wildman–Crippen LogP) is 1.12. The van der Waals surface area contributed by atoms with Crippen LogP contribution in [-0.4, -0.2) is 43.1 Å². The number of benzene rings is 1. The third-order valence-corrected chi connectivity index (χ3v) is 4.17. The fourth-order valence-corrected chi connectivity index (χ4v) is 2.85. The molecule has 1 aromatic carbocycles. The minimum absolute atomic E-state index is 0.163. The number of aliphatic hydroxyl groups excluding tert-OH is 1. The second-order valence-electron chi connectivity index (χ2n) is 5.48. The Morgan fingerprint density at radius 1 is 1.26 bits per heavy atom.